The third-order valence-electron chi connectivity index (χ3n) is 6.72. The summed E-state index contributed by atoms with van der Waals surface area (Å²) in [6.45, 7) is 0.688. The molecular weight excluding hydrogens is 352 g/mol. The summed E-state index contributed by atoms with van der Waals surface area (Å²) in [6.07, 6.45) is 13.8. The third kappa shape index (κ3) is 4.26. The Morgan fingerprint density at radius 3 is 2.07 bits per heavy atom. The van der Waals surface area contributed by atoms with E-state index in [4.69, 9.17) is 9.47 Å². The molecule has 1 unspecified atom stereocenters. The number of carbonyl (C=O) groups is 2. The Labute approximate surface area is 168 Å². The van der Waals surface area contributed by atoms with Crippen LogP contribution in [-0.2, 0) is 33.5 Å². The molecule has 2 heterocycles. The number of carbonyl (C=O) groups excluding carboxylic acids is 2. The summed E-state index contributed by atoms with van der Waals surface area (Å²) in [7, 11) is 0. The van der Waals surface area contributed by atoms with E-state index < -0.39 is 0 Å². The van der Waals surface area contributed by atoms with Crippen molar-refractivity contribution in [2.24, 2.45) is 5.41 Å². The Balaban J connectivity index is 1.56. The van der Waals surface area contributed by atoms with Gasteiger partial charge in [-0.1, -0.05) is 51.0 Å². The van der Waals surface area contributed by atoms with Gasteiger partial charge in [-0.25, -0.2) is 4.79 Å². The quantitative estimate of drug-likeness (QED) is 0.594. The van der Waals surface area contributed by atoms with Crippen molar-refractivity contribution >= 4 is 11.9 Å². The Morgan fingerprint density at radius 1 is 0.679 bits per heavy atom. The topological polar surface area (TPSA) is 52.6 Å². The number of rotatable bonds is 0. The van der Waals surface area contributed by atoms with Crippen molar-refractivity contribution in [1.82, 2.24) is 0 Å². The van der Waals surface area contributed by atoms with Crippen LogP contribution in [0.3, 0.4) is 0 Å². The number of benzene rings is 1. The van der Waals surface area contributed by atoms with Gasteiger partial charge in [0.05, 0.1) is 5.56 Å². The SMILES string of the molecule is O=C1CCCCCCCCCCCc2c3ccc4c2CC(CO1)(COC3=O)C4. The van der Waals surface area contributed by atoms with E-state index in [0.29, 0.717) is 19.6 Å². The summed E-state index contributed by atoms with van der Waals surface area (Å²) >= 11 is 0. The molecule has 0 saturated heterocycles. The molecule has 4 rings (SSSR count). The van der Waals surface area contributed by atoms with Gasteiger partial charge in [-0.3, -0.25) is 4.79 Å². The molecule has 4 nitrogen and oxygen atoms in total. The Bertz CT molecular complexity index is 738. The van der Waals surface area contributed by atoms with Crippen LogP contribution in [0.4, 0.5) is 0 Å². The van der Waals surface area contributed by atoms with Gasteiger partial charge in [0.15, 0.2) is 0 Å². The van der Waals surface area contributed by atoms with Crippen LogP contribution in [-0.4, -0.2) is 25.2 Å². The molecule has 0 amide bonds. The number of ether oxygens (including phenoxy) is 2. The molecule has 0 aromatic heterocycles. The third-order valence-corrected chi connectivity index (χ3v) is 6.72. The molecule has 0 fully saturated rings. The fraction of sp³-hybridized carbons (Fsp3) is 0.667. The van der Waals surface area contributed by atoms with Crippen molar-refractivity contribution in [3.05, 3.63) is 34.4 Å². The lowest BCUT2D eigenvalue weighted by molar-refractivity contribution is -0.148. The molecule has 0 spiro atoms. The molecule has 3 aliphatic rings. The Hall–Kier alpha value is -1.84. The monoisotopic (exact) mass is 384 g/mol. The van der Waals surface area contributed by atoms with Gasteiger partial charge in [0.1, 0.15) is 13.2 Å². The molecule has 1 aromatic carbocycles. The second-order valence-corrected chi connectivity index (χ2v) is 9.00. The molecule has 1 aromatic rings. The van der Waals surface area contributed by atoms with Gasteiger partial charge >= 0.3 is 11.9 Å². The van der Waals surface area contributed by atoms with Crippen LogP contribution in [0.5, 0.6) is 0 Å². The van der Waals surface area contributed by atoms with Crippen LogP contribution >= 0.6 is 0 Å². The van der Waals surface area contributed by atoms with Crippen LogP contribution in [0.15, 0.2) is 12.1 Å². The van der Waals surface area contributed by atoms with E-state index in [1.807, 2.05) is 6.07 Å². The standard InChI is InChI=1S/C24H32O4/c25-22-11-9-7-5-3-1-2-4-6-8-10-19-20-13-12-18-14-24(16-27-22,15-21(18)19)17-28-23(20)26/h12-13H,1-11,14-17H2. The fourth-order valence-electron chi connectivity index (χ4n) is 5.10. The van der Waals surface area contributed by atoms with Gasteiger partial charge in [0, 0.05) is 11.8 Å². The maximum atomic E-state index is 12.7. The molecule has 1 atom stereocenters. The summed E-state index contributed by atoms with van der Waals surface area (Å²) in [6, 6.07) is 4.04. The lowest BCUT2D eigenvalue weighted by Crippen LogP contribution is -2.36. The first-order chi connectivity index (χ1) is 13.7. The normalized spacial score (nSPS) is 26.7. The minimum atomic E-state index is -0.285. The second-order valence-electron chi connectivity index (χ2n) is 9.00. The molecule has 28 heavy (non-hydrogen) atoms. The van der Waals surface area contributed by atoms with Crippen molar-refractivity contribution in [3.63, 3.8) is 0 Å². The van der Waals surface area contributed by atoms with Gasteiger partial charge in [0.2, 0.25) is 0 Å². The summed E-state index contributed by atoms with van der Waals surface area (Å²) in [5.41, 5.74) is 4.29. The maximum Gasteiger partial charge on any atom is 0.338 e. The zero-order valence-corrected chi connectivity index (χ0v) is 16.9. The first kappa shape index (κ1) is 19.5. The highest BCUT2D eigenvalue weighted by Gasteiger charge is 2.43. The number of esters is 2. The van der Waals surface area contributed by atoms with Crippen molar-refractivity contribution in [2.45, 2.75) is 83.5 Å². The Morgan fingerprint density at radius 2 is 1.32 bits per heavy atom. The molecule has 0 N–H and O–H groups in total. The van der Waals surface area contributed by atoms with Crippen molar-refractivity contribution < 1.29 is 19.1 Å². The lowest BCUT2D eigenvalue weighted by atomic mass is 9.85. The van der Waals surface area contributed by atoms with Gasteiger partial charge in [-0.05, 0) is 54.9 Å². The van der Waals surface area contributed by atoms with Crippen LogP contribution in [0.25, 0.3) is 0 Å². The van der Waals surface area contributed by atoms with Gasteiger partial charge in [-0.2, -0.15) is 0 Å². The highest BCUT2D eigenvalue weighted by atomic mass is 16.5. The average Bonchev–Trinajstić information content (AvgIpc) is 3.10. The first-order valence-electron chi connectivity index (χ1n) is 11.1. The van der Waals surface area contributed by atoms with E-state index in [1.54, 1.807) is 0 Å². The minimum absolute atomic E-state index is 0.110. The summed E-state index contributed by atoms with van der Waals surface area (Å²) in [5.74, 6) is -0.324. The molecule has 152 valence electrons. The van der Waals surface area contributed by atoms with Gasteiger partial charge in [0.25, 0.3) is 0 Å². The van der Waals surface area contributed by atoms with E-state index in [-0.39, 0.29) is 17.4 Å². The summed E-state index contributed by atoms with van der Waals surface area (Å²) < 4.78 is 11.4. The van der Waals surface area contributed by atoms with Crippen LogP contribution in [0.1, 0.15) is 91.3 Å². The number of hydrogen-bond acceptors (Lipinski definition) is 4. The molecule has 4 heteroatoms. The van der Waals surface area contributed by atoms with Crippen LogP contribution in [0.2, 0.25) is 0 Å². The average molecular weight is 385 g/mol. The van der Waals surface area contributed by atoms with Crippen molar-refractivity contribution in [1.29, 1.82) is 0 Å². The van der Waals surface area contributed by atoms with Crippen LogP contribution in [0, 0.1) is 5.41 Å². The minimum Gasteiger partial charge on any atom is -0.465 e. The van der Waals surface area contributed by atoms with Gasteiger partial charge < -0.3 is 9.47 Å². The smallest absolute Gasteiger partial charge is 0.338 e. The largest absolute Gasteiger partial charge is 0.465 e. The van der Waals surface area contributed by atoms with Crippen molar-refractivity contribution in [2.75, 3.05) is 13.2 Å². The number of hydrogen-bond donors (Lipinski definition) is 0. The molecule has 0 saturated carbocycles. The zero-order chi connectivity index (χ0) is 19.4. The van der Waals surface area contributed by atoms with E-state index in [0.717, 1.165) is 44.1 Å². The Kier molecular flexibility index (Phi) is 6.03. The van der Waals surface area contributed by atoms with E-state index in [9.17, 15) is 9.59 Å². The van der Waals surface area contributed by atoms with Crippen LogP contribution < -0.4 is 0 Å². The molecular formula is C24H32O4. The predicted octanol–water partition coefficient (Wildman–Crippen LogP) is 4.94. The molecule has 1 aliphatic carbocycles. The highest BCUT2D eigenvalue weighted by Crippen LogP contribution is 2.42. The summed E-state index contributed by atoms with van der Waals surface area (Å²) in [5, 5.41) is 0. The van der Waals surface area contributed by atoms with E-state index >= 15 is 0 Å². The summed E-state index contributed by atoms with van der Waals surface area (Å²) in [4.78, 5) is 24.9. The lowest BCUT2D eigenvalue weighted by Gasteiger charge is -2.29. The number of cyclic esters (lactones) is 2. The highest BCUT2D eigenvalue weighted by molar-refractivity contribution is 5.92. The van der Waals surface area contributed by atoms with Crippen molar-refractivity contribution in [3.8, 4) is 0 Å². The maximum absolute atomic E-state index is 12.7. The van der Waals surface area contributed by atoms with E-state index in [2.05, 4.69) is 6.07 Å². The molecule has 0 radical (unpaired) electrons. The molecule has 2 aliphatic heterocycles. The first-order valence-corrected chi connectivity index (χ1v) is 11.1. The predicted molar refractivity (Wildman–Crippen MR) is 107 cm³/mol. The zero-order valence-electron chi connectivity index (χ0n) is 16.9. The fourth-order valence-corrected chi connectivity index (χ4v) is 5.10. The van der Waals surface area contributed by atoms with Gasteiger partial charge in [-0.15, -0.1) is 0 Å². The second kappa shape index (κ2) is 8.67. The molecule has 4 bridgehead atoms. The van der Waals surface area contributed by atoms with E-state index in [1.165, 1.54) is 55.2 Å².